The quantitative estimate of drug-likeness (QED) is 0.580. The van der Waals surface area contributed by atoms with Gasteiger partial charge in [-0.3, -0.25) is 4.79 Å². The zero-order valence-corrected chi connectivity index (χ0v) is 17.2. The Kier molecular flexibility index (Phi) is 6.07. The summed E-state index contributed by atoms with van der Waals surface area (Å²) in [5.74, 6) is 0.0928. The molecule has 1 aromatic heterocycles. The number of carbonyl (C=O) groups is 1. The topological polar surface area (TPSA) is 33.2 Å². The van der Waals surface area contributed by atoms with Crippen LogP contribution in [0.15, 0.2) is 53.9 Å². The van der Waals surface area contributed by atoms with Gasteiger partial charge in [-0.1, -0.05) is 42.5 Å². The number of rotatable bonds is 6. The average molecular weight is 379 g/mol. The van der Waals surface area contributed by atoms with Crippen molar-refractivity contribution in [3.05, 3.63) is 81.3 Å². The average Bonchev–Trinajstić information content (AvgIpc) is 3.05. The smallest absolute Gasteiger partial charge is 0.233 e. The van der Waals surface area contributed by atoms with Gasteiger partial charge in [0.2, 0.25) is 5.91 Å². The summed E-state index contributed by atoms with van der Waals surface area (Å²) in [5, 5.41) is 3.06. The fourth-order valence-corrected chi connectivity index (χ4v) is 4.03. The first-order chi connectivity index (χ1) is 12.9. The summed E-state index contributed by atoms with van der Waals surface area (Å²) in [6.45, 7) is 8.23. The Bertz CT molecular complexity index is 915. The molecule has 0 saturated heterocycles. The third-order valence-corrected chi connectivity index (χ3v) is 5.44. The number of aromatic nitrogens is 1. The van der Waals surface area contributed by atoms with Crippen LogP contribution in [-0.4, -0.2) is 16.9 Å². The van der Waals surface area contributed by atoms with E-state index in [1.807, 2.05) is 28.5 Å². The number of nitrogens with zero attached hydrogens (tertiary/aromatic N) is 2. The monoisotopic (exact) mass is 378 g/mol. The SMILES string of the molecule is Cc1ccc(C)c(N(C(=O)Cc2csc(Cc3ccccc3)n2)C(C)C)c1. The molecular formula is C23H26N2OS. The Morgan fingerprint density at radius 3 is 2.56 bits per heavy atom. The molecule has 0 fully saturated rings. The maximum absolute atomic E-state index is 13.1. The van der Waals surface area contributed by atoms with Crippen molar-refractivity contribution < 1.29 is 4.79 Å². The van der Waals surface area contributed by atoms with Crippen molar-refractivity contribution >= 4 is 22.9 Å². The lowest BCUT2D eigenvalue weighted by Gasteiger charge is -2.28. The van der Waals surface area contributed by atoms with E-state index < -0.39 is 0 Å². The first-order valence-corrected chi connectivity index (χ1v) is 10.2. The highest BCUT2D eigenvalue weighted by atomic mass is 32.1. The fourth-order valence-electron chi connectivity index (χ4n) is 3.20. The molecule has 3 aromatic rings. The van der Waals surface area contributed by atoms with E-state index in [2.05, 4.69) is 58.0 Å². The summed E-state index contributed by atoms with van der Waals surface area (Å²) in [6.07, 6.45) is 1.14. The Morgan fingerprint density at radius 1 is 1.11 bits per heavy atom. The molecule has 0 spiro atoms. The number of hydrogen-bond acceptors (Lipinski definition) is 3. The Hall–Kier alpha value is -2.46. The van der Waals surface area contributed by atoms with Gasteiger partial charge in [0.05, 0.1) is 17.1 Å². The van der Waals surface area contributed by atoms with Crippen LogP contribution in [0, 0.1) is 13.8 Å². The molecule has 27 heavy (non-hydrogen) atoms. The lowest BCUT2D eigenvalue weighted by atomic mass is 10.1. The molecule has 0 N–H and O–H groups in total. The fraction of sp³-hybridized carbons (Fsp3) is 0.304. The van der Waals surface area contributed by atoms with Crippen molar-refractivity contribution in [2.75, 3.05) is 4.90 Å². The lowest BCUT2D eigenvalue weighted by Crippen LogP contribution is -2.38. The zero-order valence-electron chi connectivity index (χ0n) is 16.4. The number of benzene rings is 2. The second kappa shape index (κ2) is 8.49. The van der Waals surface area contributed by atoms with E-state index in [4.69, 9.17) is 4.98 Å². The Balaban J connectivity index is 1.76. The van der Waals surface area contributed by atoms with Crippen LogP contribution < -0.4 is 4.90 Å². The van der Waals surface area contributed by atoms with Crippen LogP contribution in [0.1, 0.15) is 41.2 Å². The molecule has 0 atom stereocenters. The van der Waals surface area contributed by atoms with Gasteiger partial charge >= 0.3 is 0 Å². The summed E-state index contributed by atoms with van der Waals surface area (Å²) >= 11 is 1.63. The third-order valence-electron chi connectivity index (χ3n) is 4.54. The van der Waals surface area contributed by atoms with Crippen LogP contribution in [0.3, 0.4) is 0 Å². The summed E-state index contributed by atoms with van der Waals surface area (Å²) in [5.41, 5.74) is 5.36. The molecule has 0 aliphatic carbocycles. The van der Waals surface area contributed by atoms with Gasteiger partial charge in [0.25, 0.3) is 0 Å². The van der Waals surface area contributed by atoms with Crippen LogP contribution in [-0.2, 0) is 17.6 Å². The van der Waals surface area contributed by atoms with Crippen molar-refractivity contribution in [2.24, 2.45) is 0 Å². The van der Waals surface area contributed by atoms with Gasteiger partial charge in [0.1, 0.15) is 0 Å². The number of carbonyl (C=O) groups excluding carboxylic acids is 1. The molecule has 2 aromatic carbocycles. The van der Waals surface area contributed by atoms with Gasteiger partial charge in [-0.15, -0.1) is 11.3 Å². The largest absolute Gasteiger partial charge is 0.309 e. The highest BCUT2D eigenvalue weighted by Gasteiger charge is 2.22. The molecular weight excluding hydrogens is 352 g/mol. The van der Waals surface area contributed by atoms with Gasteiger partial charge in [-0.25, -0.2) is 4.98 Å². The molecule has 0 aliphatic heterocycles. The normalized spacial score (nSPS) is 11.0. The minimum absolute atomic E-state index is 0.0928. The van der Waals surface area contributed by atoms with Gasteiger partial charge in [0.15, 0.2) is 0 Å². The van der Waals surface area contributed by atoms with Gasteiger partial charge in [-0.05, 0) is 50.5 Å². The van der Waals surface area contributed by atoms with E-state index >= 15 is 0 Å². The van der Waals surface area contributed by atoms with Crippen LogP contribution in [0.2, 0.25) is 0 Å². The predicted molar refractivity (Wildman–Crippen MR) is 114 cm³/mol. The van der Waals surface area contributed by atoms with Crippen molar-refractivity contribution in [2.45, 2.75) is 46.6 Å². The standard InChI is InChI=1S/C23H26N2OS/c1-16(2)25(21-12-17(3)10-11-18(21)4)23(26)14-20-15-27-22(24-20)13-19-8-6-5-7-9-19/h5-12,15-16H,13-14H2,1-4H3. The molecule has 3 rings (SSSR count). The first kappa shape index (κ1) is 19.3. The maximum Gasteiger partial charge on any atom is 0.233 e. The summed E-state index contributed by atoms with van der Waals surface area (Å²) < 4.78 is 0. The van der Waals surface area contributed by atoms with E-state index in [0.29, 0.717) is 6.42 Å². The maximum atomic E-state index is 13.1. The molecule has 0 radical (unpaired) electrons. The van der Waals surface area contributed by atoms with Crippen molar-refractivity contribution in [1.82, 2.24) is 4.98 Å². The molecule has 4 heteroatoms. The van der Waals surface area contributed by atoms with Crippen molar-refractivity contribution in [3.8, 4) is 0 Å². The van der Waals surface area contributed by atoms with Crippen LogP contribution in [0.5, 0.6) is 0 Å². The summed E-state index contributed by atoms with van der Waals surface area (Å²) in [6, 6.07) is 16.7. The second-order valence-electron chi connectivity index (χ2n) is 7.22. The number of aryl methyl sites for hydroxylation is 2. The van der Waals surface area contributed by atoms with E-state index in [9.17, 15) is 4.79 Å². The summed E-state index contributed by atoms with van der Waals surface area (Å²) in [7, 11) is 0. The van der Waals surface area contributed by atoms with Gasteiger partial charge in [-0.2, -0.15) is 0 Å². The first-order valence-electron chi connectivity index (χ1n) is 9.30. The molecule has 0 bridgehead atoms. The van der Waals surface area contributed by atoms with E-state index in [0.717, 1.165) is 33.9 Å². The van der Waals surface area contributed by atoms with Crippen molar-refractivity contribution in [1.29, 1.82) is 0 Å². The van der Waals surface area contributed by atoms with Gasteiger partial charge in [0, 0.05) is 23.5 Å². The summed E-state index contributed by atoms with van der Waals surface area (Å²) in [4.78, 5) is 19.7. The molecule has 1 heterocycles. The van der Waals surface area contributed by atoms with Crippen LogP contribution >= 0.6 is 11.3 Å². The number of hydrogen-bond donors (Lipinski definition) is 0. The molecule has 0 aliphatic rings. The molecule has 1 amide bonds. The van der Waals surface area contributed by atoms with Crippen LogP contribution in [0.4, 0.5) is 5.69 Å². The predicted octanol–water partition coefficient (Wildman–Crippen LogP) is 5.33. The third kappa shape index (κ3) is 4.83. The number of anilines is 1. The Morgan fingerprint density at radius 2 is 1.85 bits per heavy atom. The minimum atomic E-state index is 0.0928. The van der Waals surface area contributed by atoms with E-state index in [1.54, 1.807) is 11.3 Å². The minimum Gasteiger partial charge on any atom is -0.309 e. The molecule has 140 valence electrons. The van der Waals surface area contributed by atoms with E-state index in [-0.39, 0.29) is 11.9 Å². The number of amides is 1. The highest BCUT2D eigenvalue weighted by molar-refractivity contribution is 7.09. The van der Waals surface area contributed by atoms with Crippen molar-refractivity contribution in [3.63, 3.8) is 0 Å². The lowest BCUT2D eigenvalue weighted by molar-refractivity contribution is -0.118. The highest BCUT2D eigenvalue weighted by Crippen LogP contribution is 2.25. The molecule has 3 nitrogen and oxygen atoms in total. The van der Waals surface area contributed by atoms with Crippen LogP contribution in [0.25, 0.3) is 0 Å². The molecule has 0 saturated carbocycles. The zero-order chi connectivity index (χ0) is 19.4. The number of thiazole rings is 1. The van der Waals surface area contributed by atoms with Gasteiger partial charge < -0.3 is 4.90 Å². The van der Waals surface area contributed by atoms with E-state index in [1.165, 1.54) is 5.56 Å². The molecule has 0 unspecified atom stereocenters. The second-order valence-corrected chi connectivity index (χ2v) is 8.16. The Labute approximate surface area is 165 Å².